The molecule has 0 fully saturated rings. The van der Waals surface area contributed by atoms with Gasteiger partial charge in [-0.1, -0.05) is 11.6 Å². The molecule has 0 aliphatic heterocycles. The minimum Gasteiger partial charge on any atom is -0.325 e. The van der Waals surface area contributed by atoms with E-state index in [0.29, 0.717) is 23.7 Å². The Labute approximate surface area is 126 Å². The first-order valence-corrected chi connectivity index (χ1v) is 6.87. The van der Waals surface area contributed by atoms with Crippen LogP contribution < -0.4 is 5.56 Å². The van der Waals surface area contributed by atoms with Crippen LogP contribution in [0.3, 0.4) is 0 Å². The van der Waals surface area contributed by atoms with Crippen LogP contribution in [0.15, 0.2) is 29.2 Å². The van der Waals surface area contributed by atoms with Gasteiger partial charge in [0.2, 0.25) is 0 Å². The molecule has 4 nitrogen and oxygen atoms in total. The van der Waals surface area contributed by atoms with E-state index in [-0.39, 0.29) is 11.1 Å². The van der Waals surface area contributed by atoms with E-state index in [1.165, 1.54) is 6.07 Å². The van der Waals surface area contributed by atoms with Crippen LogP contribution in [-0.2, 0) is 18.7 Å². The summed E-state index contributed by atoms with van der Waals surface area (Å²) in [4.78, 5) is 18.5. The van der Waals surface area contributed by atoms with Crippen LogP contribution in [0.5, 0.6) is 0 Å². The highest BCUT2D eigenvalue weighted by Crippen LogP contribution is 2.21. The lowest BCUT2D eigenvalue weighted by Crippen LogP contribution is -2.12. The number of pyridine rings is 2. The van der Waals surface area contributed by atoms with Gasteiger partial charge in [0.1, 0.15) is 11.6 Å². The van der Waals surface area contributed by atoms with Crippen LogP contribution in [0.25, 0.3) is 0 Å². The Balaban J connectivity index is 2.17. The van der Waals surface area contributed by atoms with Gasteiger partial charge in [-0.05, 0) is 31.0 Å². The van der Waals surface area contributed by atoms with Gasteiger partial charge in [-0.3, -0.25) is 9.78 Å². The number of aryl methyl sites for hydroxylation is 2. The minimum absolute atomic E-state index is 0.107. The molecule has 0 aliphatic carbocycles. The summed E-state index contributed by atoms with van der Waals surface area (Å²) in [5.74, 6) is 0.298. The molecule has 2 heterocycles. The highest BCUT2D eigenvalue weighted by atomic mass is 35.5. The first kappa shape index (κ1) is 14.6. The van der Waals surface area contributed by atoms with Crippen molar-refractivity contribution >= 4 is 23.2 Å². The predicted octanol–water partition coefficient (Wildman–Crippen LogP) is 2.82. The summed E-state index contributed by atoms with van der Waals surface area (Å²) < 4.78 is 0. The normalized spacial score (nSPS) is 10.2. The van der Waals surface area contributed by atoms with E-state index >= 15 is 0 Å². The average molecular weight is 308 g/mol. The maximum atomic E-state index is 11.5. The zero-order chi connectivity index (χ0) is 14.5. The lowest BCUT2D eigenvalue weighted by Gasteiger charge is -2.07. The van der Waals surface area contributed by atoms with Crippen molar-refractivity contribution in [2.45, 2.75) is 18.7 Å². The van der Waals surface area contributed by atoms with E-state index in [1.54, 1.807) is 18.3 Å². The molecule has 20 heavy (non-hydrogen) atoms. The Bertz CT molecular complexity index is 719. The summed E-state index contributed by atoms with van der Waals surface area (Å²) in [7, 11) is 0. The first-order valence-electron chi connectivity index (χ1n) is 5.96. The number of H-pyrrole nitrogens is 1. The largest absolute Gasteiger partial charge is 0.325 e. The maximum absolute atomic E-state index is 11.5. The number of nitrogens with zero attached hydrogens (tertiary/aromatic N) is 2. The van der Waals surface area contributed by atoms with Crippen LogP contribution in [0.2, 0.25) is 5.02 Å². The quantitative estimate of drug-likeness (QED) is 0.883. The highest BCUT2D eigenvalue weighted by Gasteiger charge is 2.08. The van der Waals surface area contributed by atoms with E-state index in [9.17, 15) is 4.79 Å². The third kappa shape index (κ3) is 3.19. The summed E-state index contributed by atoms with van der Waals surface area (Å²) >= 11 is 11.9. The fourth-order valence-electron chi connectivity index (χ4n) is 1.87. The number of halogens is 2. The van der Waals surface area contributed by atoms with Crippen LogP contribution in [0.1, 0.15) is 22.5 Å². The average Bonchev–Trinajstić information content (AvgIpc) is 2.45. The molecule has 1 N–H and O–H groups in total. The highest BCUT2D eigenvalue weighted by molar-refractivity contribution is 6.32. The van der Waals surface area contributed by atoms with E-state index in [2.05, 4.69) is 9.97 Å². The smallest absolute Gasteiger partial charge is 0.266 e. The molecule has 2 rings (SSSR count). The molecule has 0 unspecified atom stereocenters. The second kappa shape index (κ2) is 6.56. The van der Waals surface area contributed by atoms with Crippen molar-refractivity contribution < 1.29 is 0 Å². The van der Waals surface area contributed by atoms with Gasteiger partial charge in [-0.25, -0.2) is 0 Å². The molecule has 0 aliphatic rings. The van der Waals surface area contributed by atoms with Crippen LogP contribution in [0, 0.1) is 11.3 Å². The molecule has 0 saturated carbocycles. The molecule has 0 aromatic carbocycles. The summed E-state index contributed by atoms with van der Waals surface area (Å²) in [6.07, 6.45) is 2.85. The zero-order valence-electron chi connectivity index (χ0n) is 10.5. The Hall–Kier alpha value is -1.83. The summed E-state index contributed by atoms with van der Waals surface area (Å²) in [6.45, 7) is 0. The number of nitriles is 1. The Morgan fingerprint density at radius 3 is 2.75 bits per heavy atom. The van der Waals surface area contributed by atoms with Gasteiger partial charge in [-0.2, -0.15) is 5.26 Å². The van der Waals surface area contributed by atoms with Gasteiger partial charge in [0.25, 0.3) is 5.56 Å². The van der Waals surface area contributed by atoms with Gasteiger partial charge in [0.15, 0.2) is 0 Å². The second-order valence-electron chi connectivity index (χ2n) is 4.19. The van der Waals surface area contributed by atoms with Crippen LogP contribution in [0.4, 0.5) is 0 Å². The molecular formula is C14H11Cl2N3O. The number of aromatic amines is 1. The van der Waals surface area contributed by atoms with Crippen LogP contribution >= 0.6 is 23.2 Å². The van der Waals surface area contributed by atoms with Gasteiger partial charge in [0.05, 0.1) is 5.88 Å². The second-order valence-corrected chi connectivity index (χ2v) is 4.86. The third-order valence-electron chi connectivity index (χ3n) is 2.94. The van der Waals surface area contributed by atoms with Crippen molar-refractivity contribution in [3.05, 3.63) is 62.3 Å². The van der Waals surface area contributed by atoms with Crippen molar-refractivity contribution in [1.82, 2.24) is 9.97 Å². The van der Waals surface area contributed by atoms with Gasteiger partial charge < -0.3 is 4.98 Å². The molecular weight excluding hydrogens is 297 g/mol. The van der Waals surface area contributed by atoms with Gasteiger partial charge >= 0.3 is 0 Å². The molecule has 0 atom stereocenters. The molecule has 0 saturated heterocycles. The fourth-order valence-corrected chi connectivity index (χ4v) is 2.47. The number of rotatable bonds is 4. The molecule has 0 amide bonds. The third-order valence-corrected chi connectivity index (χ3v) is 3.56. The zero-order valence-corrected chi connectivity index (χ0v) is 12.0. The molecule has 0 spiro atoms. The lowest BCUT2D eigenvalue weighted by molar-refractivity contribution is 0.861. The first-order chi connectivity index (χ1) is 9.65. The van der Waals surface area contributed by atoms with E-state index in [4.69, 9.17) is 28.5 Å². The van der Waals surface area contributed by atoms with E-state index in [1.807, 2.05) is 6.07 Å². The lowest BCUT2D eigenvalue weighted by atomic mass is 10.1. The Morgan fingerprint density at radius 1 is 1.30 bits per heavy atom. The summed E-state index contributed by atoms with van der Waals surface area (Å²) in [5, 5.41) is 9.30. The molecule has 2 aromatic rings. The van der Waals surface area contributed by atoms with Crippen LogP contribution in [-0.4, -0.2) is 9.97 Å². The number of hydrogen-bond donors (Lipinski definition) is 1. The number of alkyl halides is 1. The SMILES string of the molecule is N#Cc1ccc(CCc2nccc(Cl)c2CCl)[nH]c1=O. The molecule has 102 valence electrons. The topological polar surface area (TPSA) is 69.5 Å². The maximum Gasteiger partial charge on any atom is 0.266 e. The molecule has 0 bridgehead atoms. The predicted molar refractivity (Wildman–Crippen MR) is 78.0 cm³/mol. The Morgan fingerprint density at radius 2 is 2.10 bits per heavy atom. The van der Waals surface area contributed by atoms with Crippen molar-refractivity contribution in [2.75, 3.05) is 0 Å². The number of nitrogens with one attached hydrogen (secondary N) is 1. The Kier molecular flexibility index (Phi) is 4.78. The molecule has 2 aromatic heterocycles. The summed E-state index contributed by atoms with van der Waals surface area (Å²) in [6, 6.07) is 6.77. The van der Waals surface area contributed by atoms with Crippen molar-refractivity contribution in [2.24, 2.45) is 0 Å². The van der Waals surface area contributed by atoms with Crippen molar-refractivity contribution in [3.8, 4) is 6.07 Å². The van der Waals surface area contributed by atoms with Crippen molar-refractivity contribution in [3.63, 3.8) is 0 Å². The minimum atomic E-state index is -0.373. The summed E-state index contributed by atoms with van der Waals surface area (Å²) in [5.41, 5.74) is 2.11. The van der Waals surface area contributed by atoms with Crippen molar-refractivity contribution in [1.29, 1.82) is 5.26 Å². The van der Waals surface area contributed by atoms with E-state index < -0.39 is 0 Å². The van der Waals surface area contributed by atoms with Gasteiger partial charge in [0, 0.05) is 28.2 Å². The standard InChI is InChI=1S/C14H11Cl2N3O/c15-7-11-12(16)5-6-18-13(11)4-3-10-2-1-9(8-17)14(20)19-10/h1-2,5-6H,3-4,7H2,(H,19,20). The van der Waals surface area contributed by atoms with E-state index in [0.717, 1.165) is 17.0 Å². The fraction of sp³-hybridized carbons (Fsp3) is 0.214. The van der Waals surface area contributed by atoms with Gasteiger partial charge in [-0.15, -0.1) is 11.6 Å². The monoisotopic (exact) mass is 307 g/mol. The molecule has 0 radical (unpaired) electrons. The number of hydrogen-bond acceptors (Lipinski definition) is 3. The number of aromatic nitrogens is 2. The molecule has 6 heteroatoms.